The van der Waals surface area contributed by atoms with E-state index in [4.69, 9.17) is 21.2 Å². The Morgan fingerprint density at radius 1 is 1.13 bits per heavy atom. The first-order valence-electron chi connectivity index (χ1n) is 9.76. The Morgan fingerprint density at radius 3 is 2.58 bits per heavy atom. The van der Waals surface area contributed by atoms with Crippen molar-refractivity contribution in [2.24, 2.45) is 5.92 Å². The first-order valence-corrected chi connectivity index (χ1v) is 10.1. The molecular weight excluding hydrogens is 418 g/mol. The number of carbonyl (C=O) groups is 1. The normalized spacial score (nSPS) is 14.5. The number of carboxylic acid groups (broad SMARTS) is 1. The Hall–Kier alpha value is -3.49. The van der Waals surface area contributed by atoms with Crippen molar-refractivity contribution in [3.63, 3.8) is 0 Å². The molecule has 31 heavy (non-hydrogen) atoms. The minimum absolute atomic E-state index is 0.255. The second-order valence-electron chi connectivity index (χ2n) is 7.45. The number of hydrogen-bond acceptors (Lipinski definition) is 6. The molecule has 8 nitrogen and oxygen atoms in total. The predicted molar refractivity (Wildman–Crippen MR) is 114 cm³/mol. The molecule has 1 aliphatic rings. The first-order chi connectivity index (χ1) is 15.1. The van der Waals surface area contributed by atoms with Crippen LogP contribution in [-0.4, -0.2) is 49.0 Å². The van der Waals surface area contributed by atoms with Crippen molar-refractivity contribution in [1.29, 1.82) is 0 Å². The highest BCUT2D eigenvalue weighted by Gasteiger charge is 2.32. The van der Waals surface area contributed by atoms with Gasteiger partial charge in [0.1, 0.15) is 5.15 Å². The number of carboxylic acids is 1. The number of rotatable bonds is 6. The van der Waals surface area contributed by atoms with E-state index >= 15 is 0 Å². The number of nitrogens with zero attached hydrogens (tertiary/aromatic N) is 5. The number of benzene rings is 2. The molecule has 1 N–H and O–H groups in total. The van der Waals surface area contributed by atoms with Crippen molar-refractivity contribution < 1.29 is 14.4 Å². The van der Waals surface area contributed by atoms with Crippen LogP contribution in [0.1, 0.15) is 5.56 Å². The summed E-state index contributed by atoms with van der Waals surface area (Å²) in [6, 6.07) is 17.4. The smallest absolute Gasteiger partial charge is 0.309 e. The van der Waals surface area contributed by atoms with Crippen molar-refractivity contribution in [2.45, 2.75) is 6.54 Å². The third-order valence-corrected chi connectivity index (χ3v) is 5.66. The minimum atomic E-state index is -0.728. The van der Waals surface area contributed by atoms with E-state index in [9.17, 15) is 4.79 Å². The molecule has 0 atom stereocenters. The predicted octanol–water partition coefficient (Wildman–Crippen LogP) is 3.76. The molecule has 2 aromatic heterocycles. The molecule has 0 saturated carbocycles. The molecule has 1 saturated heterocycles. The lowest BCUT2D eigenvalue weighted by molar-refractivity contribution is -0.147. The minimum Gasteiger partial charge on any atom is -0.481 e. The van der Waals surface area contributed by atoms with Gasteiger partial charge in [-0.15, -0.1) is 0 Å². The van der Waals surface area contributed by atoms with Crippen LogP contribution in [0.4, 0.5) is 0 Å². The molecular formula is C22H18ClN5O3. The van der Waals surface area contributed by atoms with Gasteiger partial charge in [0.15, 0.2) is 0 Å². The number of halogens is 1. The van der Waals surface area contributed by atoms with Crippen LogP contribution >= 0.6 is 11.6 Å². The summed E-state index contributed by atoms with van der Waals surface area (Å²) in [5, 5.41) is 17.8. The van der Waals surface area contributed by atoms with Crippen LogP contribution < -0.4 is 0 Å². The highest BCUT2D eigenvalue weighted by atomic mass is 35.5. The summed E-state index contributed by atoms with van der Waals surface area (Å²) in [6.45, 7) is 1.89. The van der Waals surface area contributed by atoms with Crippen LogP contribution in [0.25, 0.3) is 28.5 Å². The monoisotopic (exact) mass is 435 g/mol. The fourth-order valence-electron chi connectivity index (χ4n) is 3.55. The van der Waals surface area contributed by atoms with Crippen molar-refractivity contribution in [3.8, 4) is 28.5 Å². The van der Waals surface area contributed by atoms with Crippen LogP contribution in [0.15, 0.2) is 65.3 Å². The highest BCUT2D eigenvalue weighted by molar-refractivity contribution is 6.32. The van der Waals surface area contributed by atoms with E-state index < -0.39 is 5.97 Å². The van der Waals surface area contributed by atoms with Gasteiger partial charge < -0.3 is 9.63 Å². The molecule has 4 aromatic rings. The van der Waals surface area contributed by atoms with E-state index in [-0.39, 0.29) is 5.92 Å². The second kappa shape index (κ2) is 7.98. The average molecular weight is 436 g/mol. The van der Waals surface area contributed by atoms with Gasteiger partial charge in [0.25, 0.3) is 5.89 Å². The zero-order chi connectivity index (χ0) is 21.4. The maximum atomic E-state index is 10.9. The van der Waals surface area contributed by atoms with Gasteiger partial charge in [-0.3, -0.25) is 9.69 Å². The van der Waals surface area contributed by atoms with Crippen LogP contribution in [0, 0.1) is 5.92 Å². The van der Waals surface area contributed by atoms with Crippen molar-refractivity contribution in [3.05, 3.63) is 71.5 Å². The largest absolute Gasteiger partial charge is 0.481 e. The number of aliphatic carboxylic acids is 1. The molecule has 0 radical (unpaired) electrons. The van der Waals surface area contributed by atoms with Crippen molar-refractivity contribution in [2.75, 3.05) is 13.1 Å². The Morgan fingerprint density at radius 2 is 1.87 bits per heavy atom. The van der Waals surface area contributed by atoms with Crippen LogP contribution in [0.3, 0.4) is 0 Å². The lowest BCUT2D eigenvalue weighted by Crippen LogP contribution is -2.49. The van der Waals surface area contributed by atoms with E-state index in [0.29, 0.717) is 35.5 Å². The van der Waals surface area contributed by atoms with E-state index in [1.165, 1.54) is 0 Å². The third-order valence-electron chi connectivity index (χ3n) is 5.29. The Balaban J connectivity index is 1.30. The van der Waals surface area contributed by atoms with Crippen LogP contribution in [-0.2, 0) is 11.3 Å². The molecule has 0 spiro atoms. The maximum Gasteiger partial charge on any atom is 0.309 e. The van der Waals surface area contributed by atoms with E-state index in [0.717, 1.165) is 23.4 Å². The van der Waals surface area contributed by atoms with Gasteiger partial charge >= 0.3 is 5.97 Å². The first kappa shape index (κ1) is 19.5. The summed E-state index contributed by atoms with van der Waals surface area (Å²) >= 11 is 6.50. The average Bonchev–Trinajstić information content (AvgIpc) is 3.38. The maximum absolute atomic E-state index is 10.9. The molecule has 0 bridgehead atoms. The number of aromatic nitrogens is 4. The van der Waals surface area contributed by atoms with Gasteiger partial charge in [0.2, 0.25) is 5.82 Å². The molecule has 1 aliphatic heterocycles. The van der Waals surface area contributed by atoms with E-state index in [1.807, 2.05) is 54.6 Å². The summed E-state index contributed by atoms with van der Waals surface area (Å²) in [5.41, 5.74) is 3.32. The second-order valence-corrected chi connectivity index (χ2v) is 7.80. The molecule has 0 aliphatic carbocycles. The van der Waals surface area contributed by atoms with Gasteiger partial charge in [-0.1, -0.05) is 59.2 Å². The Labute approximate surface area is 182 Å². The summed E-state index contributed by atoms with van der Waals surface area (Å²) in [6.07, 6.45) is 1.60. The Kier molecular flexibility index (Phi) is 5.01. The number of likely N-dealkylation sites (tertiary alicyclic amines) is 1. The summed E-state index contributed by atoms with van der Waals surface area (Å²) in [5.74, 6) is -0.226. The fourth-order valence-corrected chi connectivity index (χ4v) is 3.82. The quantitative estimate of drug-likeness (QED) is 0.492. The lowest BCUT2D eigenvalue weighted by atomic mass is 9.99. The standard InChI is InChI=1S/C22H18ClN5O3/c23-19-18(10-24-28(19)17-4-2-1-3-5-17)21-25-20(26-31-21)15-8-6-14(7-9-15)11-27-12-16(13-27)22(29)30/h1-10,16H,11-13H2,(H,29,30). The van der Waals surface area contributed by atoms with Crippen molar-refractivity contribution >= 4 is 17.6 Å². The Bertz CT molecular complexity index is 1210. The summed E-state index contributed by atoms with van der Waals surface area (Å²) in [4.78, 5) is 17.5. The molecule has 5 rings (SSSR count). The lowest BCUT2D eigenvalue weighted by Gasteiger charge is -2.36. The molecule has 9 heteroatoms. The molecule has 3 heterocycles. The molecule has 0 unspecified atom stereocenters. The highest BCUT2D eigenvalue weighted by Crippen LogP contribution is 2.30. The van der Waals surface area contributed by atoms with Gasteiger partial charge in [-0.05, 0) is 17.7 Å². The third kappa shape index (κ3) is 3.83. The molecule has 1 fully saturated rings. The molecule has 156 valence electrons. The van der Waals surface area contributed by atoms with E-state index in [1.54, 1.807) is 10.9 Å². The molecule has 2 aromatic carbocycles. The summed E-state index contributed by atoms with van der Waals surface area (Å²) in [7, 11) is 0. The van der Waals surface area contributed by atoms with Gasteiger partial charge in [-0.2, -0.15) is 10.1 Å². The number of hydrogen-bond donors (Lipinski definition) is 1. The molecule has 0 amide bonds. The van der Waals surface area contributed by atoms with Crippen molar-refractivity contribution in [1.82, 2.24) is 24.8 Å². The van der Waals surface area contributed by atoms with E-state index in [2.05, 4.69) is 20.1 Å². The fraction of sp³-hybridized carbons (Fsp3) is 0.182. The van der Waals surface area contributed by atoms with Gasteiger partial charge in [0, 0.05) is 25.2 Å². The zero-order valence-corrected chi connectivity index (χ0v) is 17.1. The van der Waals surface area contributed by atoms with Crippen LogP contribution in [0.5, 0.6) is 0 Å². The van der Waals surface area contributed by atoms with Gasteiger partial charge in [-0.25, -0.2) is 4.68 Å². The van der Waals surface area contributed by atoms with Crippen LogP contribution in [0.2, 0.25) is 5.15 Å². The topological polar surface area (TPSA) is 97.3 Å². The SMILES string of the molecule is O=C(O)C1CN(Cc2ccc(-c3noc(-c4cnn(-c5ccccc5)c4Cl)n3)cc2)C1. The van der Waals surface area contributed by atoms with Gasteiger partial charge in [0.05, 0.1) is 23.4 Å². The zero-order valence-electron chi connectivity index (χ0n) is 16.3. The summed E-state index contributed by atoms with van der Waals surface area (Å²) < 4.78 is 7.04. The number of para-hydroxylation sites is 1.